The molecule has 4 nitrogen and oxygen atoms in total. The maximum absolute atomic E-state index is 12.9. The molecule has 0 spiro atoms. The molecular formula is C13H15FN4. The second-order valence-corrected chi connectivity index (χ2v) is 4.66. The van der Waals surface area contributed by atoms with Gasteiger partial charge in [-0.1, -0.05) is 12.1 Å². The molecular weight excluding hydrogens is 231 g/mol. The van der Waals surface area contributed by atoms with Crippen LogP contribution in [0.15, 0.2) is 34.3 Å². The van der Waals surface area contributed by atoms with Crippen LogP contribution in [0, 0.1) is 11.7 Å². The second-order valence-electron chi connectivity index (χ2n) is 4.66. The minimum Gasteiger partial charge on any atom is -0.354 e. The van der Waals surface area contributed by atoms with Gasteiger partial charge in [0.1, 0.15) is 12.0 Å². The van der Waals surface area contributed by atoms with E-state index >= 15 is 0 Å². The van der Waals surface area contributed by atoms with Gasteiger partial charge in [-0.15, -0.1) is 0 Å². The number of benzene rings is 1. The Morgan fingerprint density at radius 3 is 2.78 bits per heavy atom. The summed E-state index contributed by atoms with van der Waals surface area (Å²) in [6.45, 7) is 0.937. The molecule has 1 heterocycles. The molecule has 0 amide bonds. The van der Waals surface area contributed by atoms with E-state index in [-0.39, 0.29) is 12.0 Å². The van der Waals surface area contributed by atoms with E-state index in [4.69, 9.17) is 0 Å². The van der Waals surface area contributed by atoms with Gasteiger partial charge in [0.05, 0.1) is 6.34 Å². The van der Waals surface area contributed by atoms with Gasteiger partial charge in [0.25, 0.3) is 0 Å². The highest BCUT2D eigenvalue weighted by Gasteiger charge is 2.22. The molecule has 94 valence electrons. The van der Waals surface area contributed by atoms with Crippen molar-refractivity contribution in [2.24, 2.45) is 15.9 Å². The van der Waals surface area contributed by atoms with E-state index in [1.165, 1.54) is 25.0 Å². The van der Waals surface area contributed by atoms with E-state index in [1.807, 2.05) is 0 Å². The van der Waals surface area contributed by atoms with Crippen molar-refractivity contribution in [1.82, 2.24) is 10.6 Å². The van der Waals surface area contributed by atoms with E-state index in [2.05, 4.69) is 20.6 Å². The highest BCUT2D eigenvalue weighted by atomic mass is 19.1. The van der Waals surface area contributed by atoms with E-state index in [0.29, 0.717) is 5.96 Å². The van der Waals surface area contributed by atoms with E-state index in [1.54, 1.807) is 18.5 Å². The summed E-state index contributed by atoms with van der Waals surface area (Å²) in [7, 11) is 0. The molecule has 1 atom stereocenters. The maximum Gasteiger partial charge on any atom is 0.221 e. The van der Waals surface area contributed by atoms with Crippen LogP contribution in [0.3, 0.4) is 0 Å². The first kappa shape index (κ1) is 11.2. The highest BCUT2D eigenvalue weighted by molar-refractivity contribution is 5.89. The zero-order valence-electron chi connectivity index (χ0n) is 9.94. The summed E-state index contributed by atoms with van der Waals surface area (Å²) >= 11 is 0. The molecule has 1 aliphatic heterocycles. The van der Waals surface area contributed by atoms with Crippen LogP contribution in [-0.4, -0.2) is 18.8 Å². The topological polar surface area (TPSA) is 48.8 Å². The van der Waals surface area contributed by atoms with Gasteiger partial charge in [-0.25, -0.2) is 14.4 Å². The van der Waals surface area contributed by atoms with Crippen LogP contribution in [0.1, 0.15) is 24.6 Å². The largest absolute Gasteiger partial charge is 0.354 e. The smallest absolute Gasteiger partial charge is 0.221 e. The second kappa shape index (κ2) is 4.76. The van der Waals surface area contributed by atoms with Gasteiger partial charge in [0.15, 0.2) is 0 Å². The van der Waals surface area contributed by atoms with E-state index in [0.717, 1.165) is 18.0 Å². The molecule has 1 unspecified atom stereocenters. The van der Waals surface area contributed by atoms with Crippen molar-refractivity contribution in [2.75, 3.05) is 6.54 Å². The summed E-state index contributed by atoms with van der Waals surface area (Å²) in [6.07, 6.45) is 4.04. The van der Waals surface area contributed by atoms with Gasteiger partial charge < -0.3 is 10.6 Å². The molecule has 2 N–H and O–H groups in total. The van der Waals surface area contributed by atoms with Gasteiger partial charge >= 0.3 is 0 Å². The number of aliphatic imine (C=N–C) groups is 2. The Morgan fingerprint density at radius 2 is 2.06 bits per heavy atom. The van der Waals surface area contributed by atoms with E-state index < -0.39 is 0 Å². The molecule has 0 saturated heterocycles. The quantitative estimate of drug-likeness (QED) is 0.854. The average molecular weight is 246 g/mol. The monoisotopic (exact) mass is 246 g/mol. The number of rotatable bonds is 3. The molecule has 0 radical (unpaired) electrons. The van der Waals surface area contributed by atoms with Crippen LogP contribution >= 0.6 is 0 Å². The SMILES string of the molecule is Fc1ccc(C2N=C(NCC3CC3)N=CN2)cc1. The van der Waals surface area contributed by atoms with Crippen LogP contribution in [0.2, 0.25) is 0 Å². The third kappa shape index (κ3) is 2.67. The third-order valence-electron chi connectivity index (χ3n) is 3.10. The van der Waals surface area contributed by atoms with Crippen LogP contribution < -0.4 is 10.6 Å². The molecule has 18 heavy (non-hydrogen) atoms. The van der Waals surface area contributed by atoms with Crippen molar-refractivity contribution in [3.05, 3.63) is 35.6 Å². The Balaban J connectivity index is 1.68. The third-order valence-corrected chi connectivity index (χ3v) is 3.10. The van der Waals surface area contributed by atoms with Crippen LogP contribution in [-0.2, 0) is 0 Å². The van der Waals surface area contributed by atoms with Gasteiger partial charge in [-0.3, -0.25) is 0 Å². The normalized spacial score (nSPS) is 22.3. The first-order valence-corrected chi connectivity index (χ1v) is 6.17. The lowest BCUT2D eigenvalue weighted by atomic mass is 10.2. The van der Waals surface area contributed by atoms with Gasteiger partial charge in [-0.05, 0) is 36.5 Å². The fraction of sp³-hybridized carbons (Fsp3) is 0.385. The minimum atomic E-state index is -0.237. The molecule has 2 aliphatic rings. The van der Waals surface area contributed by atoms with Gasteiger partial charge in [0, 0.05) is 6.54 Å². The predicted molar refractivity (Wildman–Crippen MR) is 68.9 cm³/mol. The Bertz CT molecular complexity index is 476. The van der Waals surface area contributed by atoms with Crippen LogP contribution in [0.5, 0.6) is 0 Å². The van der Waals surface area contributed by atoms with Crippen molar-refractivity contribution in [3.8, 4) is 0 Å². The molecule has 1 aromatic rings. The summed E-state index contributed by atoms with van der Waals surface area (Å²) in [4.78, 5) is 8.61. The number of hydrogen-bond acceptors (Lipinski definition) is 4. The van der Waals surface area contributed by atoms with E-state index in [9.17, 15) is 4.39 Å². The standard InChI is InChI=1S/C13H15FN4/c14-11-5-3-10(4-6-11)12-16-8-17-13(18-12)15-7-9-1-2-9/h3-6,8-9,12H,1-2,7H2,(H2,15,16,17,18). The Labute approximate surface area is 105 Å². The molecule has 1 saturated carbocycles. The zero-order chi connectivity index (χ0) is 12.4. The number of guanidine groups is 1. The summed E-state index contributed by atoms with van der Waals surface area (Å²) in [6, 6.07) is 6.34. The summed E-state index contributed by atoms with van der Waals surface area (Å²) in [5, 5.41) is 6.28. The Kier molecular flexibility index (Phi) is 2.96. The average Bonchev–Trinajstić information content (AvgIpc) is 3.22. The van der Waals surface area contributed by atoms with Gasteiger partial charge in [0.2, 0.25) is 5.96 Å². The van der Waals surface area contributed by atoms with Crippen LogP contribution in [0.4, 0.5) is 4.39 Å². The van der Waals surface area contributed by atoms with Crippen molar-refractivity contribution >= 4 is 12.3 Å². The number of hydrogen-bond donors (Lipinski definition) is 2. The lowest BCUT2D eigenvalue weighted by Crippen LogP contribution is -2.32. The molecule has 0 aromatic heterocycles. The number of nitrogens with zero attached hydrogens (tertiary/aromatic N) is 2. The fourth-order valence-corrected chi connectivity index (χ4v) is 1.83. The fourth-order valence-electron chi connectivity index (χ4n) is 1.83. The van der Waals surface area contributed by atoms with Crippen LogP contribution in [0.25, 0.3) is 0 Å². The minimum absolute atomic E-state index is 0.190. The molecule has 1 fully saturated rings. The van der Waals surface area contributed by atoms with Crippen molar-refractivity contribution in [1.29, 1.82) is 0 Å². The lowest BCUT2D eigenvalue weighted by Gasteiger charge is -2.18. The van der Waals surface area contributed by atoms with Crippen molar-refractivity contribution in [2.45, 2.75) is 19.0 Å². The molecule has 0 bridgehead atoms. The summed E-state index contributed by atoms with van der Waals surface area (Å²) in [5.41, 5.74) is 0.924. The number of nitrogens with one attached hydrogen (secondary N) is 2. The Morgan fingerprint density at radius 1 is 1.28 bits per heavy atom. The first-order valence-electron chi connectivity index (χ1n) is 6.17. The van der Waals surface area contributed by atoms with Crippen molar-refractivity contribution in [3.63, 3.8) is 0 Å². The van der Waals surface area contributed by atoms with Crippen molar-refractivity contribution < 1.29 is 4.39 Å². The molecule has 5 heteroatoms. The lowest BCUT2D eigenvalue weighted by molar-refractivity contribution is 0.621. The summed E-state index contributed by atoms with van der Waals surface area (Å²) in [5.74, 6) is 1.19. The first-order chi connectivity index (χ1) is 8.81. The Hall–Kier alpha value is -1.91. The van der Waals surface area contributed by atoms with Gasteiger partial charge in [-0.2, -0.15) is 0 Å². The number of halogens is 1. The maximum atomic E-state index is 12.9. The zero-order valence-corrected chi connectivity index (χ0v) is 9.94. The predicted octanol–water partition coefficient (Wildman–Crippen LogP) is 1.81. The molecule has 3 rings (SSSR count). The molecule has 1 aromatic carbocycles. The summed E-state index contributed by atoms with van der Waals surface area (Å²) < 4.78 is 12.9. The highest BCUT2D eigenvalue weighted by Crippen LogP contribution is 2.27. The molecule has 1 aliphatic carbocycles.